The van der Waals surface area contributed by atoms with Gasteiger partial charge in [-0.15, -0.1) is 0 Å². The summed E-state index contributed by atoms with van der Waals surface area (Å²) in [5.74, 6) is 0.298. The molecule has 0 amide bonds. The number of Topliss-reactive ketones (excluding diaryl/α,β-unsaturated/α-hetero) is 1. The van der Waals surface area contributed by atoms with Crippen LogP contribution < -0.4 is 0 Å². The molecule has 17 heavy (non-hydrogen) atoms. The first-order valence-corrected chi connectivity index (χ1v) is 7.95. The lowest BCUT2D eigenvalue weighted by Gasteiger charge is -2.14. The van der Waals surface area contributed by atoms with Gasteiger partial charge in [0.15, 0.2) is 0 Å². The van der Waals surface area contributed by atoms with E-state index in [4.69, 9.17) is 0 Å². The number of ketones is 1. The van der Waals surface area contributed by atoms with Crippen LogP contribution in [-0.2, 0) is 11.2 Å². The van der Waals surface area contributed by atoms with Gasteiger partial charge in [-0.1, -0.05) is 61.6 Å². The summed E-state index contributed by atoms with van der Waals surface area (Å²) in [5.41, 5.74) is 2.32. The molecule has 0 saturated heterocycles. The maximum atomic E-state index is 11.9. The van der Waals surface area contributed by atoms with Crippen molar-refractivity contribution in [2.75, 3.05) is 0 Å². The number of carbonyl (C=O) groups is 1. The van der Waals surface area contributed by atoms with Crippen LogP contribution in [-0.4, -0.2) is 10.6 Å². The second kappa shape index (κ2) is 6.48. The average Bonchev–Trinajstić information content (AvgIpc) is 2.21. The highest BCUT2D eigenvalue weighted by Gasteiger charge is 2.20. The maximum absolute atomic E-state index is 11.9. The molecule has 0 saturated carbocycles. The van der Waals surface area contributed by atoms with Crippen LogP contribution in [0.4, 0.5) is 0 Å². The van der Waals surface area contributed by atoms with E-state index in [-0.39, 0.29) is 16.5 Å². The first-order chi connectivity index (χ1) is 7.82. The van der Waals surface area contributed by atoms with Gasteiger partial charge in [0, 0.05) is 14.9 Å². The summed E-state index contributed by atoms with van der Waals surface area (Å²) < 4.78 is 2.09. The molecule has 0 aliphatic carbocycles. The minimum absolute atomic E-state index is 0.0578. The average molecular weight is 427 g/mol. The van der Waals surface area contributed by atoms with Crippen LogP contribution in [0.25, 0.3) is 0 Å². The lowest BCUT2D eigenvalue weighted by Crippen LogP contribution is -2.22. The molecule has 1 aromatic carbocycles. The Labute approximate surface area is 128 Å². The molecule has 0 fully saturated rings. The molecular weight excluding hydrogens is 412 g/mol. The Kier molecular flexibility index (Phi) is 5.87. The fourth-order valence-corrected chi connectivity index (χ4v) is 4.16. The fourth-order valence-electron chi connectivity index (χ4n) is 1.57. The highest BCUT2D eigenvalue weighted by Crippen LogP contribution is 2.30. The minimum atomic E-state index is -0.127. The minimum Gasteiger partial charge on any atom is -0.298 e. The fraction of sp³-hybridized carbons (Fsp3) is 0.462. The predicted molar refractivity (Wildman–Crippen MR) is 82.8 cm³/mol. The molecule has 0 heterocycles. The summed E-state index contributed by atoms with van der Waals surface area (Å²) in [5, 5.41) is 0. The summed E-state index contributed by atoms with van der Waals surface area (Å²) >= 11 is 10.6. The van der Waals surface area contributed by atoms with Gasteiger partial charge in [-0.3, -0.25) is 4.79 Å². The molecule has 1 unspecified atom stereocenters. The standard InChI is InChI=1S/C13H15Br3O/c1-7(2)13(17)12(16)6-9-10(14)4-8(3)5-11(9)15/h4-5,7,12H,6H2,1-3H3. The highest BCUT2D eigenvalue weighted by atomic mass is 79.9. The lowest BCUT2D eigenvalue weighted by molar-refractivity contribution is -0.121. The molecule has 0 spiro atoms. The highest BCUT2D eigenvalue weighted by molar-refractivity contribution is 9.11. The van der Waals surface area contributed by atoms with E-state index in [2.05, 4.69) is 59.9 Å². The SMILES string of the molecule is Cc1cc(Br)c(CC(Br)C(=O)C(C)C)c(Br)c1. The van der Waals surface area contributed by atoms with Crippen LogP contribution in [0.3, 0.4) is 0 Å². The van der Waals surface area contributed by atoms with E-state index in [0.29, 0.717) is 6.42 Å². The first kappa shape index (κ1) is 15.4. The number of benzene rings is 1. The predicted octanol–water partition coefficient (Wildman–Crippen LogP) is 5.05. The molecule has 94 valence electrons. The Morgan fingerprint density at radius 2 is 1.71 bits per heavy atom. The van der Waals surface area contributed by atoms with E-state index in [1.54, 1.807) is 0 Å². The molecule has 0 bridgehead atoms. The van der Waals surface area contributed by atoms with E-state index >= 15 is 0 Å². The topological polar surface area (TPSA) is 17.1 Å². The van der Waals surface area contributed by atoms with Gasteiger partial charge in [-0.05, 0) is 36.6 Å². The quantitative estimate of drug-likeness (QED) is 0.615. The van der Waals surface area contributed by atoms with Crippen molar-refractivity contribution >= 4 is 53.6 Å². The van der Waals surface area contributed by atoms with E-state index in [1.807, 2.05) is 20.8 Å². The molecular formula is C13H15Br3O. The number of rotatable bonds is 4. The largest absolute Gasteiger partial charge is 0.298 e. The zero-order chi connectivity index (χ0) is 13.2. The van der Waals surface area contributed by atoms with Gasteiger partial charge in [0.2, 0.25) is 0 Å². The van der Waals surface area contributed by atoms with Gasteiger partial charge in [0.05, 0.1) is 4.83 Å². The smallest absolute Gasteiger partial charge is 0.149 e. The molecule has 0 aliphatic rings. The second-order valence-electron chi connectivity index (χ2n) is 4.44. The van der Waals surface area contributed by atoms with Crippen molar-refractivity contribution in [3.05, 3.63) is 32.2 Å². The van der Waals surface area contributed by atoms with Crippen molar-refractivity contribution in [1.82, 2.24) is 0 Å². The first-order valence-electron chi connectivity index (χ1n) is 5.45. The van der Waals surface area contributed by atoms with Gasteiger partial charge in [0.1, 0.15) is 5.78 Å². The van der Waals surface area contributed by atoms with Crippen LogP contribution >= 0.6 is 47.8 Å². The van der Waals surface area contributed by atoms with Crippen molar-refractivity contribution in [3.63, 3.8) is 0 Å². The zero-order valence-corrected chi connectivity index (χ0v) is 14.8. The van der Waals surface area contributed by atoms with Gasteiger partial charge in [0.25, 0.3) is 0 Å². The molecule has 1 atom stereocenters. The van der Waals surface area contributed by atoms with Gasteiger partial charge in [-0.2, -0.15) is 0 Å². The number of hydrogen-bond acceptors (Lipinski definition) is 1. The molecule has 0 aromatic heterocycles. The van der Waals surface area contributed by atoms with Crippen LogP contribution in [0.1, 0.15) is 25.0 Å². The van der Waals surface area contributed by atoms with Crippen LogP contribution in [0, 0.1) is 12.8 Å². The Hall–Kier alpha value is 0.330. The van der Waals surface area contributed by atoms with Gasteiger partial charge >= 0.3 is 0 Å². The van der Waals surface area contributed by atoms with Crippen molar-refractivity contribution in [2.24, 2.45) is 5.92 Å². The Bertz CT molecular complexity index is 404. The maximum Gasteiger partial charge on any atom is 0.149 e. The summed E-state index contributed by atoms with van der Waals surface area (Å²) in [7, 11) is 0. The van der Waals surface area contributed by atoms with Crippen LogP contribution in [0.15, 0.2) is 21.1 Å². The van der Waals surface area contributed by atoms with Crippen molar-refractivity contribution in [1.29, 1.82) is 0 Å². The molecule has 1 aromatic rings. The number of hydrogen-bond donors (Lipinski definition) is 0. The Morgan fingerprint density at radius 1 is 1.24 bits per heavy atom. The second-order valence-corrected chi connectivity index (χ2v) is 7.25. The third-order valence-corrected chi connectivity index (χ3v) is 4.74. The third-order valence-electron chi connectivity index (χ3n) is 2.55. The molecule has 0 N–H and O–H groups in total. The molecule has 1 rings (SSSR count). The van der Waals surface area contributed by atoms with Crippen molar-refractivity contribution in [3.8, 4) is 0 Å². The number of alkyl halides is 1. The van der Waals surface area contributed by atoms with E-state index in [0.717, 1.165) is 14.5 Å². The summed E-state index contributed by atoms with van der Waals surface area (Å²) in [6.07, 6.45) is 0.693. The summed E-state index contributed by atoms with van der Waals surface area (Å²) in [6.45, 7) is 5.90. The lowest BCUT2D eigenvalue weighted by atomic mass is 10.0. The number of halogens is 3. The zero-order valence-electron chi connectivity index (χ0n) is 10.1. The van der Waals surface area contributed by atoms with Crippen molar-refractivity contribution < 1.29 is 4.79 Å². The van der Waals surface area contributed by atoms with E-state index < -0.39 is 0 Å². The van der Waals surface area contributed by atoms with Crippen LogP contribution in [0.5, 0.6) is 0 Å². The van der Waals surface area contributed by atoms with Gasteiger partial charge in [-0.25, -0.2) is 0 Å². The van der Waals surface area contributed by atoms with Crippen molar-refractivity contribution in [2.45, 2.75) is 32.0 Å². The monoisotopic (exact) mass is 424 g/mol. The van der Waals surface area contributed by atoms with Gasteiger partial charge < -0.3 is 0 Å². The van der Waals surface area contributed by atoms with E-state index in [1.165, 1.54) is 5.56 Å². The number of aryl methyl sites for hydroxylation is 1. The van der Waals surface area contributed by atoms with Crippen LogP contribution in [0.2, 0.25) is 0 Å². The third kappa shape index (κ3) is 4.18. The summed E-state index contributed by atoms with van der Waals surface area (Å²) in [6, 6.07) is 4.14. The molecule has 0 radical (unpaired) electrons. The molecule has 1 nitrogen and oxygen atoms in total. The Balaban J connectivity index is 2.92. The normalized spacial score (nSPS) is 12.9. The number of carbonyl (C=O) groups excluding carboxylic acids is 1. The van der Waals surface area contributed by atoms with E-state index in [9.17, 15) is 4.79 Å². The molecule has 4 heteroatoms. The molecule has 0 aliphatic heterocycles. The Morgan fingerprint density at radius 3 is 2.12 bits per heavy atom. The summed E-state index contributed by atoms with van der Waals surface area (Å²) in [4.78, 5) is 11.7.